The lowest BCUT2D eigenvalue weighted by Gasteiger charge is -2.21. The molecule has 0 heterocycles. The average molecular weight is 431 g/mol. The molecule has 4 rings (SSSR count). The Morgan fingerprint density at radius 1 is 0.875 bits per heavy atom. The molecular formula is C26H25NO5. The van der Waals surface area contributed by atoms with Crippen molar-refractivity contribution in [2.75, 3.05) is 6.61 Å². The van der Waals surface area contributed by atoms with Gasteiger partial charge in [-0.1, -0.05) is 78.9 Å². The zero-order valence-electron chi connectivity index (χ0n) is 17.7. The Morgan fingerprint density at radius 3 is 2.03 bits per heavy atom. The van der Waals surface area contributed by atoms with Gasteiger partial charge in [-0.25, -0.2) is 9.59 Å². The van der Waals surface area contributed by atoms with Gasteiger partial charge >= 0.3 is 12.1 Å². The van der Waals surface area contributed by atoms with Crippen LogP contribution in [-0.4, -0.2) is 35.9 Å². The lowest BCUT2D eigenvalue weighted by Crippen LogP contribution is -2.48. The first-order valence-corrected chi connectivity index (χ1v) is 10.5. The maximum absolute atomic E-state index is 12.5. The smallest absolute Gasteiger partial charge is 0.407 e. The molecule has 164 valence electrons. The molecule has 0 fully saturated rings. The predicted molar refractivity (Wildman–Crippen MR) is 120 cm³/mol. The van der Waals surface area contributed by atoms with Crippen molar-refractivity contribution in [3.63, 3.8) is 0 Å². The van der Waals surface area contributed by atoms with Crippen LogP contribution in [0.5, 0.6) is 0 Å². The first kappa shape index (κ1) is 21.6. The summed E-state index contributed by atoms with van der Waals surface area (Å²) >= 11 is 0. The highest BCUT2D eigenvalue weighted by molar-refractivity contribution is 5.82. The third-order valence-corrected chi connectivity index (χ3v) is 5.58. The van der Waals surface area contributed by atoms with Crippen molar-refractivity contribution < 1.29 is 24.2 Å². The molecule has 2 atom stereocenters. The SMILES string of the molecule is C[C@@H](O)[C@@H](NC(=O)OCC1c2ccccc2-c2ccccc21)C(=O)OCc1ccccc1. The fourth-order valence-electron chi connectivity index (χ4n) is 3.96. The summed E-state index contributed by atoms with van der Waals surface area (Å²) in [6, 6.07) is 24.0. The standard InChI is InChI=1S/C26H25NO5/c1-17(28)24(25(29)31-15-18-9-3-2-4-10-18)27-26(30)32-16-23-21-13-7-5-11-19(21)20-12-6-8-14-22(20)23/h2-14,17,23-24,28H,15-16H2,1H3,(H,27,30)/t17-,24-/m1/s1. The van der Waals surface area contributed by atoms with Crippen LogP contribution in [0.3, 0.4) is 0 Å². The highest BCUT2D eigenvalue weighted by Gasteiger charge is 2.31. The van der Waals surface area contributed by atoms with E-state index in [1.807, 2.05) is 66.7 Å². The minimum Gasteiger partial charge on any atom is -0.459 e. The number of ether oxygens (including phenoxy) is 2. The van der Waals surface area contributed by atoms with Gasteiger partial charge < -0.3 is 19.9 Å². The van der Waals surface area contributed by atoms with Gasteiger partial charge in [0.05, 0.1) is 6.10 Å². The van der Waals surface area contributed by atoms with Crippen molar-refractivity contribution in [2.24, 2.45) is 0 Å². The van der Waals surface area contributed by atoms with Crippen LogP contribution in [-0.2, 0) is 20.9 Å². The van der Waals surface area contributed by atoms with Crippen molar-refractivity contribution in [3.8, 4) is 11.1 Å². The van der Waals surface area contributed by atoms with Crippen LogP contribution in [0.15, 0.2) is 78.9 Å². The molecular weight excluding hydrogens is 406 g/mol. The van der Waals surface area contributed by atoms with Gasteiger partial charge in [0.1, 0.15) is 13.2 Å². The van der Waals surface area contributed by atoms with E-state index in [0.29, 0.717) is 0 Å². The van der Waals surface area contributed by atoms with Gasteiger partial charge in [-0.2, -0.15) is 0 Å². The number of nitrogens with one attached hydrogen (secondary N) is 1. The van der Waals surface area contributed by atoms with E-state index in [0.717, 1.165) is 27.8 Å². The topological polar surface area (TPSA) is 84.9 Å². The molecule has 0 saturated heterocycles. The molecule has 1 aliphatic rings. The molecule has 3 aromatic rings. The Bertz CT molecular complexity index is 1050. The predicted octanol–water partition coefficient (Wildman–Crippen LogP) is 4.02. The van der Waals surface area contributed by atoms with Gasteiger partial charge in [-0.3, -0.25) is 0 Å². The van der Waals surface area contributed by atoms with E-state index in [1.54, 1.807) is 0 Å². The van der Waals surface area contributed by atoms with Crippen molar-refractivity contribution in [3.05, 3.63) is 95.6 Å². The Kier molecular flexibility index (Phi) is 6.52. The molecule has 1 amide bonds. The van der Waals surface area contributed by atoms with Crippen LogP contribution in [0, 0.1) is 0 Å². The van der Waals surface area contributed by atoms with Crippen LogP contribution < -0.4 is 5.32 Å². The number of carbonyl (C=O) groups is 2. The van der Waals surface area contributed by atoms with Crippen LogP contribution in [0.4, 0.5) is 4.79 Å². The van der Waals surface area contributed by atoms with E-state index in [-0.39, 0.29) is 19.1 Å². The summed E-state index contributed by atoms with van der Waals surface area (Å²) in [5, 5.41) is 12.4. The van der Waals surface area contributed by atoms with Crippen LogP contribution >= 0.6 is 0 Å². The monoisotopic (exact) mass is 431 g/mol. The second kappa shape index (κ2) is 9.66. The van der Waals surface area contributed by atoms with Gasteiger partial charge in [0.2, 0.25) is 0 Å². The second-order valence-corrected chi connectivity index (χ2v) is 7.78. The van der Waals surface area contributed by atoms with E-state index in [2.05, 4.69) is 17.4 Å². The largest absolute Gasteiger partial charge is 0.459 e. The Morgan fingerprint density at radius 2 is 1.44 bits per heavy atom. The van der Waals surface area contributed by atoms with Crippen molar-refractivity contribution >= 4 is 12.1 Å². The lowest BCUT2D eigenvalue weighted by molar-refractivity contribution is -0.150. The lowest BCUT2D eigenvalue weighted by atomic mass is 9.98. The maximum atomic E-state index is 12.5. The Labute approximate surface area is 186 Å². The zero-order valence-corrected chi connectivity index (χ0v) is 17.7. The van der Waals surface area contributed by atoms with Gasteiger partial charge in [0.15, 0.2) is 6.04 Å². The number of rotatable bonds is 7. The number of hydrogen-bond donors (Lipinski definition) is 2. The highest BCUT2D eigenvalue weighted by Crippen LogP contribution is 2.44. The summed E-state index contributed by atoms with van der Waals surface area (Å²) in [7, 11) is 0. The number of esters is 1. The number of benzene rings is 3. The molecule has 6 nitrogen and oxygen atoms in total. The number of aliphatic hydroxyl groups is 1. The molecule has 2 N–H and O–H groups in total. The summed E-state index contributed by atoms with van der Waals surface area (Å²) in [5.41, 5.74) is 5.25. The van der Waals surface area contributed by atoms with Crippen LogP contribution in [0.25, 0.3) is 11.1 Å². The van der Waals surface area contributed by atoms with Crippen LogP contribution in [0.1, 0.15) is 29.5 Å². The van der Waals surface area contributed by atoms with Gasteiger partial charge in [-0.15, -0.1) is 0 Å². The molecule has 1 aliphatic carbocycles. The molecule has 0 radical (unpaired) electrons. The summed E-state index contributed by atoms with van der Waals surface area (Å²) in [4.78, 5) is 24.9. The average Bonchev–Trinajstić information content (AvgIpc) is 3.14. The van der Waals surface area contributed by atoms with E-state index < -0.39 is 24.2 Å². The molecule has 32 heavy (non-hydrogen) atoms. The maximum Gasteiger partial charge on any atom is 0.407 e. The van der Waals surface area contributed by atoms with E-state index in [1.165, 1.54) is 6.92 Å². The summed E-state index contributed by atoms with van der Waals surface area (Å²) in [6.07, 6.45) is -1.92. The van der Waals surface area contributed by atoms with Crippen molar-refractivity contribution in [2.45, 2.75) is 31.6 Å². The second-order valence-electron chi connectivity index (χ2n) is 7.78. The van der Waals surface area contributed by atoms with E-state index in [4.69, 9.17) is 9.47 Å². The first-order valence-electron chi connectivity index (χ1n) is 10.5. The third-order valence-electron chi connectivity index (χ3n) is 5.58. The zero-order chi connectivity index (χ0) is 22.5. The fraction of sp³-hybridized carbons (Fsp3) is 0.231. The molecule has 0 saturated carbocycles. The first-order chi connectivity index (χ1) is 15.5. The van der Waals surface area contributed by atoms with Gasteiger partial charge in [0, 0.05) is 5.92 Å². The molecule has 0 aliphatic heterocycles. The number of carbonyl (C=O) groups excluding carboxylic acids is 2. The van der Waals surface area contributed by atoms with Crippen LogP contribution in [0.2, 0.25) is 0 Å². The molecule has 3 aromatic carbocycles. The number of amides is 1. The Balaban J connectivity index is 1.37. The molecule has 0 unspecified atom stereocenters. The molecule has 0 spiro atoms. The minimum absolute atomic E-state index is 0.0509. The third kappa shape index (κ3) is 4.65. The summed E-state index contributed by atoms with van der Waals surface area (Å²) in [5.74, 6) is -0.819. The normalized spacial score (nSPS) is 14.1. The quantitative estimate of drug-likeness (QED) is 0.552. The summed E-state index contributed by atoms with van der Waals surface area (Å²) < 4.78 is 10.7. The molecule has 0 aromatic heterocycles. The number of fused-ring (bicyclic) bond motifs is 3. The van der Waals surface area contributed by atoms with Gasteiger partial charge in [0.25, 0.3) is 0 Å². The highest BCUT2D eigenvalue weighted by atomic mass is 16.6. The number of aliphatic hydroxyl groups excluding tert-OH is 1. The number of hydrogen-bond acceptors (Lipinski definition) is 5. The fourth-order valence-corrected chi connectivity index (χ4v) is 3.96. The minimum atomic E-state index is -1.23. The molecule has 0 bridgehead atoms. The van der Waals surface area contributed by atoms with E-state index >= 15 is 0 Å². The van der Waals surface area contributed by atoms with Crippen molar-refractivity contribution in [1.82, 2.24) is 5.32 Å². The summed E-state index contributed by atoms with van der Waals surface area (Å²) in [6.45, 7) is 1.58. The van der Waals surface area contributed by atoms with E-state index in [9.17, 15) is 14.7 Å². The number of alkyl carbamates (subject to hydrolysis) is 1. The molecule has 6 heteroatoms. The van der Waals surface area contributed by atoms with Gasteiger partial charge in [-0.05, 0) is 34.7 Å². The van der Waals surface area contributed by atoms with Crippen molar-refractivity contribution in [1.29, 1.82) is 0 Å². The Hall–Kier alpha value is -3.64.